The molecule has 0 aliphatic carbocycles. The Morgan fingerprint density at radius 3 is 3.10 bits per heavy atom. The summed E-state index contributed by atoms with van der Waals surface area (Å²) in [6, 6.07) is 5.80. The van der Waals surface area contributed by atoms with Crippen molar-refractivity contribution in [3.05, 3.63) is 40.5 Å². The highest BCUT2D eigenvalue weighted by molar-refractivity contribution is 14.1. The lowest BCUT2D eigenvalue weighted by molar-refractivity contribution is 1.26. The molecule has 10 heavy (non-hydrogen) atoms. The Labute approximate surface area is 73.2 Å². The monoisotopic (exact) mass is 246 g/mol. The molecule has 0 radical (unpaired) electrons. The van der Waals surface area contributed by atoms with Crippen molar-refractivity contribution in [2.75, 3.05) is 0 Å². The molecule has 2 nitrogen and oxygen atoms in total. The Bertz CT molecular complexity index is 219. The molecule has 0 fully saturated rings. The average Bonchev–Trinajstić information content (AvgIpc) is 2.02. The third-order valence-corrected chi connectivity index (χ3v) is 1.58. The van der Waals surface area contributed by atoms with Gasteiger partial charge in [-0.3, -0.25) is 4.98 Å². The highest BCUT2D eigenvalue weighted by atomic mass is 127. The van der Waals surface area contributed by atoms with Crippen molar-refractivity contribution < 1.29 is 0 Å². The SMILES string of the molecule is Ic1ccccncc[nH]1. The van der Waals surface area contributed by atoms with E-state index in [1.165, 1.54) is 0 Å². The first-order valence-corrected chi connectivity index (χ1v) is 3.94. The molecule has 0 saturated heterocycles. The molecule has 0 spiro atoms. The molecule has 1 rings (SSSR count). The summed E-state index contributed by atoms with van der Waals surface area (Å²) < 4.78 is 1.08. The minimum absolute atomic E-state index is 1.08. The number of rotatable bonds is 0. The van der Waals surface area contributed by atoms with Crippen molar-refractivity contribution >= 4 is 22.6 Å². The Morgan fingerprint density at radius 1 is 1.30 bits per heavy atom. The molecule has 3 heteroatoms. The van der Waals surface area contributed by atoms with Gasteiger partial charge in [0.05, 0.1) is 3.70 Å². The maximum Gasteiger partial charge on any atom is 0.0771 e. The number of nitrogens with one attached hydrogen (secondary N) is 1. The second kappa shape index (κ2) is 4.27. The molecule has 0 aromatic carbocycles. The number of aromatic nitrogens is 2. The first-order valence-electron chi connectivity index (χ1n) is 2.87. The highest BCUT2D eigenvalue weighted by Gasteiger charge is 1.71. The summed E-state index contributed by atoms with van der Waals surface area (Å²) in [6.07, 6.45) is 5.24. The number of nitrogens with zero attached hydrogens (tertiary/aromatic N) is 1. The van der Waals surface area contributed by atoms with Crippen LogP contribution in [0.2, 0.25) is 0 Å². The maximum atomic E-state index is 3.93. The smallest absolute Gasteiger partial charge is 0.0771 e. The first-order chi connectivity index (χ1) is 4.89. The minimum Gasteiger partial charge on any atom is -0.355 e. The number of aromatic amines is 1. The number of hydrogen-bond acceptors (Lipinski definition) is 1. The van der Waals surface area contributed by atoms with E-state index in [-0.39, 0.29) is 0 Å². The second-order valence-corrected chi connectivity index (χ2v) is 2.82. The third-order valence-electron chi connectivity index (χ3n) is 0.908. The van der Waals surface area contributed by atoms with E-state index in [1.807, 2.05) is 18.2 Å². The van der Waals surface area contributed by atoms with E-state index in [4.69, 9.17) is 0 Å². The summed E-state index contributed by atoms with van der Waals surface area (Å²) in [5.41, 5.74) is 0. The van der Waals surface area contributed by atoms with E-state index < -0.39 is 0 Å². The van der Waals surface area contributed by atoms with Gasteiger partial charge >= 0.3 is 0 Å². The van der Waals surface area contributed by atoms with Crippen molar-refractivity contribution in [1.82, 2.24) is 9.97 Å². The van der Waals surface area contributed by atoms with Crippen LogP contribution in [0.25, 0.3) is 0 Å². The molecule has 52 valence electrons. The van der Waals surface area contributed by atoms with E-state index >= 15 is 0 Å². The maximum absolute atomic E-state index is 3.93. The molecule has 1 aromatic rings. The summed E-state index contributed by atoms with van der Waals surface area (Å²) in [4.78, 5) is 6.96. The molecular weight excluding hydrogens is 239 g/mol. The van der Waals surface area contributed by atoms with Gasteiger partial charge in [-0.2, -0.15) is 0 Å². The summed E-state index contributed by atoms with van der Waals surface area (Å²) in [5, 5.41) is 0. The van der Waals surface area contributed by atoms with E-state index in [9.17, 15) is 0 Å². The van der Waals surface area contributed by atoms with Crippen LogP contribution in [-0.4, -0.2) is 9.97 Å². The van der Waals surface area contributed by atoms with Gasteiger partial charge in [0.2, 0.25) is 0 Å². The fourth-order valence-corrected chi connectivity index (χ4v) is 0.885. The highest BCUT2D eigenvalue weighted by Crippen LogP contribution is 1.92. The van der Waals surface area contributed by atoms with Crippen LogP contribution >= 0.6 is 22.6 Å². The van der Waals surface area contributed by atoms with Crippen LogP contribution in [0.3, 0.4) is 0 Å². The Hall–Kier alpha value is -0.580. The van der Waals surface area contributed by atoms with Crippen LogP contribution in [0.4, 0.5) is 0 Å². The van der Waals surface area contributed by atoms with Gasteiger partial charge in [-0.15, -0.1) is 0 Å². The summed E-state index contributed by atoms with van der Waals surface area (Å²) in [6.45, 7) is 0. The number of hydrogen-bond donors (Lipinski definition) is 1. The van der Waals surface area contributed by atoms with Gasteiger partial charge in [0.1, 0.15) is 0 Å². The zero-order valence-electron chi connectivity index (χ0n) is 5.29. The lowest BCUT2D eigenvalue weighted by Crippen LogP contribution is -1.67. The predicted octanol–water partition coefficient (Wildman–Crippen LogP) is 2.14. The zero-order valence-corrected chi connectivity index (χ0v) is 7.45. The molecule has 1 aromatic heterocycles. The van der Waals surface area contributed by atoms with Crippen molar-refractivity contribution in [3.8, 4) is 0 Å². The Morgan fingerprint density at radius 2 is 2.20 bits per heavy atom. The van der Waals surface area contributed by atoms with E-state index in [1.54, 1.807) is 18.6 Å². The molecule has 0 aliphatic heterocycles. The molecule has 1 N–H and O–H groups in total. The van der Waals surface area contributed by atoms with Crippen LogP contribution < -0.4 is 0 Å². The largest absolute Gasteiger partial charge is 0.355 e. The number of H-pyrrole nitrogens is 1. The molecule has 0 saturated carbocycles. The van der Waals surface area contributed by atoms with Gasteiger partial charge in [-0.25, -0.2) is 0 Å². The standard InChI is InChI=1S/C7H7IN2/c8-7-3-1-2-4-9-5-6-10-7/h1-6,10H. The summed E-state index contributed by atoms with van der Waals surface area (Å²) >= 11 is 2.21. The van der Waals surface area contributed by atoms with Crippen LogP contribution in [0.5, 0.6) is 0 Å². The van der Waals surface area contributed by atoms with E-state index in [2.05, 4.69) is 32.6 Å². The van der Waals surface area contributed by atoms with Crippen LogP contribution in [0.15, 0.2) is 36.8 Å². The van der Waals surface area contributed by atoms with Crippen LogP contribution in [0.1, 0.15) is 0 Å². The fraction of sp³-hybridized carbons (Fsp3) is 0. The van der Waals surface area contributed by atoms with E-state index in [0.717, 1.165) is 3.70 Å². The van der Waals surface area contributed by atoms with Crippen LogP contribution in [-0.2, 0) is 0 Å². The third kappa shape index (κ3) is 2.82. The second-order valence-electron chi connectivity index (χ2n) is 1.66. The van der Waals surface area contributed by atoms with E-state index in [0.29, 0.717) is 0 Å². The molecule has 0 amide bonds. The van der Waals surface area contributed by atoms with Gasteiger partial charge in [0, 0.05) is 18.6 Å². The topological polar surface area (TPSA) is 28.7 Å². The summed E-state index contributed by atoms with van der Waals surface area (Å²) in [7, 11) is 0. The predicted molar refractivity (Wildman–Crippen MR) is 48.9 cm³/mol. The molecular formula is C7H7IN2. The van der Waals surface area contributed by atoms with Gasteiger partial charge in [-0.05, 0) is 34.7 Å². The number of halogens is 1. The van der Waals surface area contributed by atoms with Gasteiger partial charge in [0.15, 0.2) is 0 Å². The van der Waals surface area contributed by atoms with Crippen molar-refractivity contribution in [3.63, 3.8) is 0 Å². The van der Waals surface area contributed by atoms with Crippen LogP contribution in [0, 0.1) is 3.70 Å². The van der Waals surface area contributed by atoms with Crippen molar-refractivity contribution in [2.45, 2.75) is 0 Å². The molecule has 0 bridgehead atoms. The Balaban J connectivity index is 3.13. The molecule has 0 atom stereocenters. The van der Waals surface area contributed by atoms with Gasteiger partial charge < -0.3 is 4.98 Å². The molecule has 0 unspecified atom stereocenters. The van der Waals surface area contributed by atoms with Crippen molar-refractivity contribution in [2.24, 2.45) is 0 Å². The van der Waals surface area contributed by atoms with Gasteiger partial charge in [0.25, 0.3) is 0 Å². The normalized spacial score (nSPS) is 8.50. The lowest BCUT2D eigenvalue weighted by atomic mass is 10.6. The Kier molecular flexibility index (Phi) is 3.21. The average molecular weight is 246 g/mol. The van der Waals surface area contributed by atoms with Gasteiger partial charge in [-0.1, -0.05) is 6.07 Å². The summed E-state index contributed by atoms with van der Waals surface area (Å²) in [5.74, 6) is 0. The minimum atomic E-state index is 1.08. The quantitative estimate of drug-likeness (QED) is 0.698. The molecule has 1 heterocycles. The first kappa shape index (κ1) is 7.53. The molecule has 0 aliphatic rings. The fourth-order valence-electron chi connectivity index (χ4n) is 0.497. The lowest BCUT2D eigenvalue weighted by Gasteiger charge is -1.77. The zero-order chi connectivity index (χ0) is 7.23. The van der Waals surface area contributed by atoms with Crippen molar-refractivity contribution in [1.29, 1.82) is 0 Å².